The summed E-state index contributed by atoms with van der Waals surface area (Å²) in [5.41, 5.74) is -0.552. The van der Waals surface area contributed by atoms with E-state index in [0.29, 0.717) is 13.1 Å². The van der Waals surface area contributed by atoms with Crippen molar-refractivity contribution in [3.63, 3.8) is 0 Å². The molecule has 2 N–H and O–H groups in total. The molecule has 1 heterocycles. The Kier molecular flexibility index (Phi) is 3.89. The number of likely N-dealkylation sites (tertiary alicyclic amines) is 1. The highest BCUT2D eigenvalue weighted by molar-refractivity contribution is 5.75. The van der Waals surface area contributed by atoms with Crippen LogP contribution in [0.5, 0.6) is 0 Å². The van der Waals surface area contributed by atoms with Crippen molar-refractivity contribution in [2.75, 3.05) is 26.2 Å². The number of hydrogen-bond acceptors (Lipinski definition) is 3. The maximum Gasteiger partial charge on any atom is 0.310 e. The van der Waals surface area contributed by atoms with Crippen LogP contribution in [0.2, 0.25) is 0 Å². The lowest BCUT2D eigenvalue weighted by molar-refractivity contribution is -0.148. The van der Waals surface area contributed by atoms with Gasteiger partial charge in [-0.25, -0.2) is 0 Å². The third-order valence-electron chi connectivity index (χ3n) is 3.03. The average Bonchev–Trinajstić information content (AvgIpc) is 2.51. The highest BCUT2D eigenvalue weighted by Crippen LogP contribution is 2.35. The maximum atomic E-state index is 11.2. The van der Waals surface area contributed by atoms with Gasteiger partial charge in [0.15, 0.2) is 0 Å². The van der Waals surface area contributed by atoms with Crippen molar-refractivity contribution in [3.8, 4) is 0 Å². The van der Waals surface area contributed by atoms with E-state index in [1.54, 1.807) is 0 Å². The molecule has 0 aromatic carbocycles. The van der Waals surface area contributed by atoms with E-state index >= 15 is 0 Å². The van der Waals surface area contributed by atoms with Gasteiger partial charge in [-0.3, -0.25) is 9.69 Å². The zero-order valence-electron chi connectivity index (χ0n) is 8.70. The minimum absolute atomic E-state index is 0.113. The van der Waals surface area contributed by atoms with Gasteiger partial charge in [0.05, 0.1) is 12.0 Å². The van der Waals surface area contributed by atoms with Crippen LogP contribution in [0.1, 0.15) is 26.2 Å². The molecule has 14 heavy (non-hydrogen) atoms. The lowest BCUT2D eigenvalue weighted by Gasteiger charge is -2.23. The van der Waals surface area contributed by atoms with Gasteiger partial charge in [0.25, 0.3) is 0 Å². The molecule has 0 radical (unpaired) electrons. The van der Waals surface area contributed by atoms with E-state index in [1.165, 1.54) is 0 Å². The molecule has 1 fully saturated rings. The molecule has 0 aliphatic carbocycles. The first-order chi connectivity index (χ1) is 6.64. The SMILES string of the molecule is CCCC1(C(=O)O)CCN(CCO)C1. The topological polar surface area (TPSA) is 60.8 Å². The number of carboxylic acids is 1. The molecule has 0 saturated carbocycles. The van der Waals surface area contributed by atoms with Crippen molar-refractivity contribution in [1.82, 2.24) is 4.90 Å². The number of carboxylic acid groups (broad SMARTS) is 1. The van der Waals surface area contributed by atoms with Crippen molar-refractivity contribution in [1.29, 1.82) is 0 Å². The number of nitrogens with zero attached hydrogens (tertiary/aromatic N) is 1. The molecule has 0 aromatic rings. The summed E-state index contributed by atoms with van der Waals surface area (Å²) in [5.74, 6) is -0.681. The van der Waals surface area contributed by atoms with Gasteiger partial charge in [0.2, 0.25) is 0 Å². The fraction of sp³-hybridized carbons (Fsp3) is 0.900. The molecular formula is C10H19NO3. The predicted molar refractivity (Wildman–Crippen MR) is 53.1 cm³/mol. The summed E-state index contributed by atoms with van der Waals surface area (Å²) in [7, 11) is 0. The predicted octanol–water partition coefficient (Wildman–Crippen LogP) is 0.556. The van der Waals surface area contributed by atoms with Crippen molar-refractivity contribution in [2.24, 2.45) is 5.41 Å². The van der Waals surface area contributed by atoms with Crippen molar-refractivity contribution in [2.45, 2.75) is 26.2 Å². The summed E-state index contributed by atoms with van der Waals surface area (Å²) in [6, 6.07) is 0. The third-order valence-corrected chi connectivity index (χ3v) is 3.03. The number of β-amino-alcohol motifs (C(OH)–C–C–N with tert-alkyl or cyclic N) is 1. The zero-order chi connectivity index (χ0) is 10.6. The Morgan fingerprint density at radius 2 is 2.29 bits per heavy atom. The van der Waals surface area contributed by atoms with E-state index in [2.05, 4.69) is 0 Å². The summed E-state index contributed by atoms with van der Waals surface area (Å²) in [5, 5.41) is 18.0. The van der Waals surface area contributed by atoms with Gasteiger partial charge in [-0.2, -0.15) is 0 Å². The lowest BCUT2D eigenvalue weighted by Crippen LogP contribution is -2.35. The fourth-order valence-electron chi connectivity index (χ4n) is 2.25. The highest BCUT2D eigenvalue weighted by Gasteiger charge is 2.43. The van der Waals surface area contributed by atoms with Crippen LogP contribution in [-0.2, 0) is 4.79 Å². The number of rotatable bonds is 5. The normalized spacial score (nSPS) is 28.1. The van der Waals surface area contributed by atoms with Gasteiger partial charge in [0.1, 0.15) is 0 Å². The van der Waals surface area contributed by atoms with E-state index in [4.69, 9.17) is 5.11 Å². The zero-order valence-corrected chi connectivity index (χ0v) is 8.70. The number of aliphatic carboxylic acids is 1. The van der Waals surface area contributed by atoms with Crippen LogP contribution in [0.4, 0.5) is 0 Å². The minimum atomic E-state index is -0.681. The molecule has 4 heteroatoms. The first kappa shape index (κ1) is 11.5. The molecule has 0 aromatic heterocycles. The summed E-state index contributed by atoms with van der Waals surface area (Å²) < 4.78 is 0. The second kappa shape index (κ2) is 4.75. The van der Waals surface area contributed by atoms with E-state index < -0.39 is 11.4 Å². The minimum Gasteiger partial charge on any atom is -0.481 e. The molecule has 0 amide bonds. The quantitative estimate of drug-likeness (QED) is 0.682. The Morgan fingerprint density at radius 3 is 2.79 bits per heavy atom. The molecule has 1 atom stereocenters. The fourth-order valence-corrected chi connectivity index (χ4v) is 2.25. The van der Waals surface area contributed by atoms with Crippen LogP contribution in [0, 0.1) is 5.41 Å². The molecule has 1 aliphatic heterocycles. The van der Waals surface area contributed by atoms with Crippen molar-refractivity contribution >= 4 is 5.97 Å². The smallest absolute Gasteiger partial charge is 0.310 e. The van der Waals surface area contributed by atoms with Gasteiger partial charge >= 0.3 is 5.97 Å². The van der Waals surface area contributed by atoms with Crippen molar-refractivity contribution in [3.05, 3.63) is 0 Å². The number of carbonyl (C=O) groups is 1. The van der Waals surface area contributed by atoms with Crippen LogP contribution >= 0.6 is 0 Å². The maximum absolute atomic E-state index is 11.2. The van der Waals surface area contributed by atoms with Gasteiger partial charge in [0, 0.05) is 13.1 Å². The molecule has 0 spiro atoms. The van der Waals surface area contributed by atoms with Crippen molar-refractivity contribution < 1.29 is 15.0 Å². The second-order valence-corrected chi connectivity index (χ2v) is 4.09. The Hall–Kier alpha value is -0.610. The Balaban J connectivity index is 2.59. The summed E-state index contributed by atoms with van der Waals surface area (Å²) in [4.78, 5) is 13.2. The Morgan fingerprint density at radius 1 is 1.57 bits per heavy atom. The third kappa shape index (κ3) is 2.25. The van der Waals surface area contributed by atoms with Gasteiger partial charge in [-0.15, -0.1) is 0 Å². The van der Waals surface area contributed by atoms with E-state index in [9.17, 15) is 9.90 Å². The standard InChI is InChI=1S/C10H19NO3/c1-2-3-10(9(13)14)4-5-11(8-10)6-7-12/h12H,2-8H2,1H3,(H,13,14). The molecule has 1 rings (SSSR count). The molecule has 82 valence electrons. The molecule has 4 nitrogen and oxygen atoms in total. The Labute approximate surface area is 84.5 Å². The summed E-state index contributed by atoms with van der Waals surface area (Å²) >= 11 is 0. The molecular weight excluding hydrogens is 182 g/mol. The Bertz CT molecular complexity index is 208. The lowest BCUT2D eigenvalue weighted by atomic mass is 9.83. The number of aliphatic hydroxyl groups is 1. The van der Waals surface area contributed by atoms with Gasteiger partial charge < -0.3 is 10.2 Å². The average molecular weight is 201 g/mol. The molecule has 1 unspecified atom stereocenters. The number of hydrogen-bond donors (Lipinski definition) is 2. The van der Waals surface area contributed by atoms with E-state index in [1.807, 2.05) is 11.8 Å². The van der Waals surface area contributed by atoms with Crippen LogP contribution in [0.15, 0.2) is 0 Å². The monoisotopic (exact) mass is 201 g/mol. The number of aliphatic hydroxyl groups excluding tert-OH is 1. The summed E-state index contributed by atoms with van der Waals surface area (Å²) in [6.45, 7) is 4.11. The molecule has 1 saturated heterocycles. The first-order valence-corrected chi connectivity index (χ1v) is 5.21. The largest absolute Gasteiger partial charge is 0.481 e. The van der Waals surface area contributed by atoms with Gasteiger partial charge in [-0.1, -0.05) is 13.3 Å². The van der Waals surface area contributed by atoms with E-state index in [0.717, 1.165) is 25.8 Å². The van der Waals surface area contributed by atoms with Crippen LogP contribution < -0.4 is 0 Å². The van der Waals surface area contributed by atoms with Crippen LogP contribution in [-0.4, -0.2) is 47.3 Å². The molecule has 1 aliphatic rings. The van der Waals surface area contributed by atoms with Gasteiger partial charge in [-0.05, 0) is 19.4 Å². The van der Waals surface area contributed by atoms with E-state index in [-0.39, 0.29) is 6.61 Å². The molecule has 0 bridgehead atoms. The first-order valence-electron chi connectivity index (χ1n) is 5.21. The second-order valence-electron chi connectivity index (χ2n) is 4.09. The summed E-state index contributed by atoms with van der Waals surface area (Å²) in [6.07, 6.45) is 2.36. The highest BCUT2D eigenvalue weighted by atomic mass is 16.4. The van der Waals surface area contributed by atoms with Crippen LogP contribution in [0.25, 0.3) is 0 Å². The van der Waals surface area contributed by atoms with Crippen LogP contribution in [0.3, 0.4) is 0 Å².